The Morgan fingerprint density at radius 2 is 1.90 bits per heavy atom. The monoisotopic (exact) mass is 553 g/mol. The van der Waals surface area contributed by atoms with Gasteiger partial charge in [-0.1, -0.05) is 0 Å². The zero-order valence-corrected chi connectivity index (χ0v) is 22.8. The number of fused-ring (bicyclic) bond motifs is 2. The number of carbonyl (C=O) groups excluding carboxylic acids is 2. The van der Waals surface area contributed by atoms with Crippen molar-refractivity contribution in [2.45, 2.75) is 33.3 Å². The number of hydrogen-bond donors (Lipinski definition) is 1. The molecule has 2 amide bonds. The standard InChI is InChI=1S/C26H28FN7O4S/c1-16-14-34-15-17(13-20(27)23(34)29-16)30-24(35)19-5-6-21(18-7-8-28-31-22(18)19)33-9-11-39(37,12-10-33)32-25(36)38-26(2,3)4/h5-8,13-15H,9-12H2,1-4H3,(H,30,35). The van der Waals surface area contributed by atoms with Crippen LogP contribution < -0.4 is 10.2 Å². The van der Waals surface area contributed by atoms with Crippen LogP contribution in [0.4, 0.5) is 20.6 Å². The molecule has 5 rings (SSSR count). The van der Waals surface area contributed by atoms with Gasteiger partial charge < -0.3 is 19.4 Å². The number of nitrogens with zero attached hydrogens (tertiary/aromatic N) is 6. The maximum Gasteiger partial charge on any atom is 0.442 e. The normalized spacial score (nSPS) is 15.4. The fourth-order valence-corrected chi connectivity index (χ4v) is 6.15. The molecule has 39 heavy (non-hydrogen) atoms. The zero-order chi connectivity index (χ0) is 27.9. The van der Waals surface area contributed by atoms with Crippen LogP contribution in [0.2, 0.25) is 0 Å². The largest absolute Gasteiger partial charge is 0.442 e. The van der Waals surface area contributed by atoms with Crippen LogP contribution in [-0.4, -0.2) is 66.0 Å². The predicted molar refractivity (Wildman–Crippen MR) is 146 cm³/mol. The second-order valence-corrected chi connectivity index (χ2v) is 12.9. The van der Waals surface area contributed by atoms with Crippen LogP contribution >= 0.6 is 0 Å². The van der Waals surface area contributed by atoms with Gasteiger partial charge in [-0.2, -0.15) is 5.10 Å². The Balaban J connectivity index is 1.38. The molecule has 0 unspecified atom stereocenters. The van der Waals surface area contributed by atoms with Crippen molar-refractivity contribution in [2.75, 3.05) is 34.8 Å². The molecule has 1 saturated heterocycles. The molecule has 0 bridgehead atoms. The second-order valence-electron chi connectivity index (χ2n) is 10.3. The number of imidazole rings is 1. The van der Waals surface area contributed by atoms with Crippen LogP contribution in [0.25, 0.3) is 16.6 Å². The summed E-state index contributed by atoms with van der Waals surface area (Å²) in [6, 6.07) is 6.40. The lowest BCUT2D eigenvalue weighted by molar-refractivity contribution is 0.0607. The molecule has 0 aliphatic carbocycles. The van der Waals surface area contributed by atoms with Gasteiger partial charge in [-0.15, -0.1) is 9.46 Å². The summed E-state index contributed by atoms with van der Waals surface area (Å²) in [4.78, 5) is 31.5. The van der Waals surface area contributed by atoms with Crippen LogP contribution in [0.3, 0.4) is 0 Å². The molecule has 4 heterocycles. The van der Waals surface area contributed by atoms with E-state index in [0.717, 1.165) is 5.69 Å². The molecule has 1 aromatic carbocycles. The lowest BCUT2D eigenvalue weighted by Crippen LogP contribution is -2.40. The number of rotatable bonds is 3. The average molecular weight is 554 g/mol. The first-order chi connectivity index (χ1) is 18.4. The minimum absolute atomic E-state index is 0.176. The highest BCUT2D eigenvalue weighted by molar-refractivity contribution is 7.94. The maximum absolute atomic E-state index is 14.5. The van der Waals surface area contributed by atoms with Crippen molar-refractivity contribution in [3.05, 3.63) is 59.9 Å². The van der Waals surface area contributed by atoms with Crippen molar-refractivity contribution >= 4 is 49.7 Å². The highest BCUT2D eigenvalue weighted by Gasteiger charge is 2.26. The SMILES string of the molecule is Cc1cn2cc(NC(=O)c3ccc(N4CCS(=O)(=NC(=O)OC(C)(C)C)CC4)c4ccnnc34)cc(F)c2n1. The number of halogens is 1. The van der Waals surface area contributed by atoms with E-state index in [1.165, 1.54) is 16.7 Å². The second kappa shape index (κ2) is 9.88. The number of hydrogen-bond acceptors (Lipinski definition) is 8. The average Bonchev–Trinajstić information content (AvgIpc) is 3.23. The Morgan fingerprint density at radius 3 is 2.62 bits per heavy atom. The van der Waals surface area contributed by atoms with Gasteiger partial charge in [0.15, 0.2) is 11.5 Å². The molecule has 3 aromatic heterocycles. The molecule has 0 radical (unpaired) electrons. The number of aromatic nitrogens is 4. The predicted octanol–water partition coefficient (Wildman–Crippen LogP) is 4.20. The molecule has 13 heteroatoms. The van der Waals surface area contributed by atoms with E-state index < -0.39 is 33.1 Å². The van der Waals surface area contributed by atoms with Crippen molar-refractivity contribution in [2.24, 2.45) is 4.36 Å². The summed E-state index contributed by atoms with van der Waals surface area (Å²) in [6.45, 7) is 7.71. The molecule has 204 valence electrons. The highest BCUT2D eigenvalue weighted by atomic mass is 32.2. The maximum atomic E-state index is 14.5. The van der Waals surface area contributed by atoms with Crippen LogP contribution in [0.1, 0.15) is 36.8 Å². The van der Waals surface area contributed by atoms with Gasteiger partial charge >= 0.3 is 6.09 Å². The molecule has 0 atom stereocenters. The number of benzene rings is 1. The number of aryl methyl sites for hydroxylation is 1. The van der Waals surface area contributed by atoms with Gasteiger partial charge in [0, 0.05) is 54.1 Å². The highest BCUT2D eigenvalue weighted by Crippen LogP contribution is 2.30. The Hall–Kier alpha value is -4.13. The molecule has 1 N–H and O–H groups in total. The molecule has 0 spiro atoms. The van der Waals surface area contributed by atoms with Gasteiger partial charge in [0.1, 0.15) is 11.1 Å². The number of amides is 2. The molecule has 1 aliphatic rings. The van der Waals surface area contributed by atoms with Gasteiger partial charge in [0.2, 0.25) is 0 Å². The van der Waals surface area contributed by atoms with Gasteiger partial charge in [-0.25, -0.2) is 18.4 Å². The molecule has 0 saturated carbocycles. The van der Waals surface area contributed by atoms with Crippen molar-refractivity contribution in [1.29, 1.82) is 0 Å². The van der Waals surface area contributed by atoms with Gasteiger partial charge in [0.25, 0.3) is 5.91 Å². The first kappa shape index (κ1) is 26.5. The van der Waals surface area contributed by atoms with E-state index in [2.05, 4.69) is 24.9 Å². The first-order valence-corrected chi connectivity index (χ1v) is 14.2. The summed E-state index contributed by atoms with van der Waals surface area (Å²) in [7, 11) is -2.75. The van der Waals surface area contributed by atoms with Gasteiger partial charge in [0.05, 0.1) is 32.9 Å². The number of anilines is 2. The van der Waals surface area contributed by atoms with Crippen molar-refractivity contribution in [1.82, 2.24) is 19.6 Å². The Labute approximate surface area is 224 Å². The molecule has 1 aliphatic heterocycles. The van der Waals surface area contributed by atoms with Crippen LogP contribution in [0.5, 0.6) is 0 Å². The quantitative estimate of drug-likeness (QED) is 0.399. The number of ether oxygens (including phenoxy) is 1. The van der Waals surface area contributed by atoms with E-state index in [1.54, 1.807) is 58.3 Å². The molecule has 11 nitrogen and oxygen atoms in total. The van der Waals surface area contributed by atoms with E-state index >= 15 is 0 Å². The fourth-order valence-electron chi connectivity index (χ4n) is 4.44. The number of nitrogens with one attached hydrogen (secondary N) is 1. The Bertz CT molecular complexity index is 1720. The molecular weight excluding hydrogens is 525 g/mol. The number of carbonyl (C=O) groups is 2. The van der Waals surface area contributed by atoms with E-state index in [1.807, 2.05) is 4.90 Å². The Kier molecular flexibility index (Phi) is 6.70. The van der Waals surface area contributed by atoms with E-state index in [0.29, 0.717) is 29.7 Å². The molecule has 4 aromatic rings. The van der Waals surface area contributed by atoms with Crippen LogP contribution in [-0.2, 0) is 14.5 Å². The van der Waals surface area contributed by atoms with Crippen molar-refractivity contribution < 1.29 is 22.9 Å². The Morgan fingerprint density at radius 1 is 1.15 bits per heavy atom. The first-order valence-electron chi connectivity index (χ1n) is 12.3. The minimum atomic E-state index is -2.75. The smallest absolute Gasteiger partial charge is 0.442 e. The summed E-state index contributed by atoms with van der Waals surface area (Å²) < 4.78 is 38.3. The summed E-state index contributed by atoms with van der Waals surface area (Å²) >= 11 is 0. The third-order valence-electron chi connectivity index (χ3n) is 6.12. The van der Waals surface area contributed by atoms with E-state index in [4.69, 9.17) is 4.74 Å². The van der Waals surface area contributed by atoms with E-state index in [9.17, 15) is 18.2 Å². The van der Waals surface area contributed by atoms with Gasteiger partial charge in [-0.3, -0.25) is 4.79 Å². The number of pyridine rings is 1. The molecule has 1 fully saturated rings. The zero-order valence-electron chi connectivity index (χ0n) is 22.0. The minimum Gasteiger partial charge on any atom is -0.442 e. The van der Waals surface area contributed by atoms with Crippen LogP contribution in [0.15, 0.2) is 47.2 Å². The van der Waals surface area contributed by atoms with Crippen LogP contribution in [0, 0.1) is 12.7 Å². The lowest BCUT2D eigenvalue weighted by atomic mass is 10.1. The van der Waals surface area contributed by atoms with Gasteiger partial charge in [-0.05, 0) is 45.9 Å². The summed E-state index contributed by atoms with van der Waals surface area (Å²) in [5.41, 5.74) is 1.81. The summed E-state index contributed by atoms with van der Waals surface area (Å²) in [6.07, 6.45) is 3.97. The van der Waals surface area contributed by atoms with E-state index in [-0.39, 0.29) is 28.4 Å². The summed E-state index contributed by atoms with van der Waals surface area (Å²) in [5, 5.41) is 11.6. The summed E-state index contributed by atoms with van der Waals surface area (Å²) in [5.74, 6) is -0.645. The fraction of sp³-hybridized carbons (Fsp3) is 0.346. The van der Waals surface area contributed by atoms with Crippen molar-refractivity contribution in [3.63, 3.8) is 0 Å². The molecular formula is C26H28FN7O4S. The lowest BCUT2D eigenvalue weighted by Gasteiger charge is -2.31. The van der Waals surface area contributed by atoms with Crippen molar-refractivity contribution in [3.8, 4) is 0 Å². The third-order valence-corrected chi connectivity index (χ3v) is 8.25. The topological polar surface area (TPSA) is 131 Å². The third kappa shape index (κ3) is 5.67.